The molecule has 1 aromatic heterocycles. The van der Waals surface area contributed by atoms with Gasteiger partial charge in [-0.2, -0.15) is 0 Å². The van der Waals surface area contributed by atoms with Gasteiger partial charge in [0, 0.05) is 19.0 Å². The minimum atomic E-state index is 0.629. The Morgan fingerprint density at radius 2 is 2.33 bits per heavy atom. The van der Waals surface area contributed by atoms with E-state index in [1.807, 2.05) is 10.8 Å². The van der Waals surface area contributed by atoms with Gasteiger partial charge in [0.15, 0.2) is 0 Å². The van der Waals surface area contributed by atoms with Crippen molar-refractivity contribution in [2.75, 3.05) is 6.61 Å². The van der Waals surface area contributed by atoms with Crippen molar-refractivity contribution in [3.8, 4) is 0 Å². The maximum absolute atomic E-state index is 5.40. The van der Waals surface area contributed by atoms with E-state index in [4.69, 9.17) is 4.74 Å². The van der Waals surface area contributed by atoms with Crippen LogP contribution in [0.4, 0.5) is 0 Å². The van der Waals surface area contributed by atoms with Gasteiger partial charge in [-0.15, -0.1) is 0 Å². The molecule has 0 saturated carbocycles. The minimum Gasteiger partial charge on any atom is -0.361 e. The van der Waals surface area contributed by atoms with Gasteiger partial charge in [0.1, 0.15) is 6.73 Å². The Morgan fingerprint density at radius 1 is 1.42 bits per heavy atom. The molecule has 0 unspecified atom stereocenters. The van der Waals surface area contributed by atoms with Crippen molar-refractivity contribution in [2.45, 2.75) is 32.9 Å². The monoisotopic (exact) mass is 168 g/mol. The third kappa shape index (κ3) is 3.53. The molecule has 68 valence electrons. The van der Waals surface area contributed by atoms with Crippen molar-refractivity contribution >= 4 is 0 Å². The fourth-order valence-corrected chi connectivity index (χ4v) is 0.987. The normalized spacial score (nSPS) is 10.4. The molecule has 0 N–H and O–H groups in total. The fourth-order valence-electron chi connectivity index (χ4n) is 0.987. The number of unbranched alkanes of at least 4 members (excludes halogenated alkanes) is 2. The summed E-state index contributed by atoms with van der Waals surface area (Å²) in [6.45, 7) is 3.67. The minimum absolute atomic E-state index is 0.629. The molecule has 0 spiro atoms. The zero-order valence-corrected chi connectivity index (χ0v) is 7.57. The zero-order valence-electron chi connectivity index (χ0n) is 7.57. The van der Waals surface area contributed by atoms with Gasteiger partial charge in [0.2, 0.25) is 0 Å². The molecule has 0 radical (unpaired) electrons. The molecule has 3 nitrogen and oxygen atoms in total. The third-order valence-electron chi connectivity index (χ3n) is 1.69. The van der Waals surface area contributed by atoms with E-state index in [0.29, 0.717) is 6.73 Å². The number of rotatable bonds is 6. The van der Waals surface area contributed by atoms with Crippen LogP contribution in [0.1, 0.15) is 26.2 Å². The first-order chi connectivity index (χ1) is 5.93. The smallest absolute Gasteiger partial charge is 0.123 e. The number of nitrogens with zero attached hydrogens (tertiary/aromatic N) is 2. The van der Waals surface area contributed by atoms with Crippen LogP contribution >= 0.6 is 0 Å². The molecule has 1 heterocycles. The lowest BCUT2D eigenvalue weighted by molar-refractivity contribution is 0.0740. The van der Waals surface area contributed by atoms with Crippen LogP contribution in [0.2, 0.25) is 0 Å². The van der Waals surface area contributed by atoms with Gasteiger partial charge in [-0.3, -0.25) is 0 Å². The third-order valence-corrected chi connectivity index (χ3v) is 1.69. The molecule has 0 saturated heterocycles. The second-order valence-corrected chi connectivity index (χ2v) is 2.82. The Kier molecular flexibility index (Phi) is 4.46. The highest BCUT2D eigenvalue weighted by Gasteiger charge is 1.89. The molecular formula is C9H16N2O. The van der Waals surface area contributed by atoms with Crippen molar-refractivity contribution in [1.82, 2.24) is 9.55 Å². The molecule has 1 aromatic rings. The standard InChI is InChI=1S/C9H16N2O/c1-2-3-4-7-12-9-11-6-5-10-8-11/h5-6,8H,2-4,7,9H2,1H3. The first-order valence-electron chi connectivity index (χ1n) is 4.47. The Bertz CT molecular complexity index is 184. The SMILES string of the molecule is CCCCCOCn1ccnc1. The van der Waals surface area contributed by atoms with E-state index in [1.54, 1.807) is 12.5 Å². The molecule has 12 heavy (non-hydrogen) atoms. The van der Waals surface area contributed by atoms with E-state index >= 15 is 0 Å². The van der Waals surface area contributed by atoms with Gasteiger partial charge in [-0.05, 0) is 6.42 Å². The first-order valence-corrected chi connectivity index (χ1v) is 4.47. The van der Waals surface area contributed by atoms with Gasteiger partial charge >= 0.3 is 0 Å². The number of ether oxygens (including phenoxy) is 1. The van der Waals surface area contributed by atoms with Crippen LogP contribution in [0, 0.1) is 0 Å². The molecule has 0 fully saturated rings. The van der Waals surface area contributed by atoms with E-state index in [0.717, 1.165) is 13.0 Å². The zero-order chi connectivity index (χ0) is 8.65. The molecule has 0 aromatic carbocycles. The predicted octanol–water partition coefficient (Wildman–Crippen LogP) is 2.05. The molecule has 0 aliphatic rings. The van der Waals surface area contributed by atoms with Crippen LogP contribution in [-0.4, -0.2) is 16.2 Å². The molecule has 1 rings (SSSR count). The molecule has 0 atom stereocenters. The predicted molar refractivity (Wildman–Crippen MR) is 47.7 cm³/mol. The largest absolute Gasteiger partial charge is 0.361 e. The Labute approximate surface area is 73.4 Å². The van der Waals surface area contributed by atoms with Gasteiger partial charge in [-0.1, -0.05) is 19.8 Å². The summed E-state index contributed by atoms with van der Waals surface area (Å²) >= 11 is 0. The Hall–Kier alpha value is -0.830. The summed E-state index contributed by atoms with van der Waals surface area (Å²) in [4.78, 5) is 3.92. The van der Waals surface area contributed by atoms with E-state index in [1.165, 1.54) is 12.8 Å². The van der Waals surface area contributed by atoms with Crippen LogP contribution in [0.25, 0.3) is 0 Å². The highest BCUT2D eigenvalue weighted by Crippen LogP contribution is 1.95. The van der Waals surface area contributed by atoms with Crippen LogP contribution in [0.5, 0.6) is 0 Å². The van der Waals surface area contributed by atoms with Crippen LogP contribution < -0.4 is 0 Å². The Balaban J connectivity index is 1.96. The van der Waals surface area contributed by atoms with Gasteiger partial charge in [0.05, 0.1) is 6.33 Å². The number of hydrogen-bond acceptors (Lipinski definition) is 2. The average Bonchev–Trinajstić information content (AvgIpc) is 2.57. The fraction of sp³-hybridized carbons (Fsp3) is 0.667. The highest BCUT2D eigenvalue weighted by molar-refractivity contribution is 4.71. The second kappa shape index (κ2) is 5.77. The highest BCUT2D eigenvalue weighted by atomic mass is 16.5. The molecule has 0 aliphatic carbocycles. The summed E-state index contributed by atoms with van der Waals surface area (Å²) in [5.74, 6) is 0. The summed E-state index contributed by atoms with van der Waals surface area (Å²) in [6, 6.07) is 0. The van der Waals surface area contributed by atoms with Gasteiger partial charge in [0.25, 0.3) is 0 Å². The van der Waals surface area contributed by atoms with Crippen molar-refractivity contribution in [3.05, 3.63) is 18.7 Å². The quantitative estimate of drug-likeness (QED) is 0.608. The van der Waals surface area contributed by atoms with Crippen molar-refractivity contribution in [2.24, 2.45) is 0 Å². The summed E-state index contributed by atoms with van der Waals surface area (Å²) in [7, 11) is 0. The lowest BCUT2D eigenvalue weighted by Gasteiger charge is -2.03. The summed E-state index contributed by atoms with van der Waals surface area (Å²) in [6.07, 6.45) is 9.08. The second-order valence-electron chi connectivity index (χ2n) is 2.82. The number of imidazole rings is 1. The summed E-state index contributed by atoms with van der Waals surface area (Å²) < 4.78 is 7.33. The average molecular weight is 168 g/mol. The number of aromatic nitrogens is 2. The van der Waals surface area contributed by atoms with E-state index < -0.39 is 0 Å². The van der Waals surface area contributed by atoms with Crippen LogP contribution in [-0.2, 0) is 11.5 Å². The number of hydrogen-bond donors (Lipinski definition) is 0. The van der Waals surface area contributed by atoms with Crippen molar-refractivity contribution < 1.29 is 4.74 Å². The summed E-state index contributed by atoms with van der Waals surface area (Å²) in [5, 5.41) is 0. The first kappa shape index (κ1) is 9.26. The van der Waals surface area contributed by atoms with Crippen molar-refractivity contribution in [1.29, 1.82) is 0 Å². The van der Waals surface area contributed by atoms with Gasteiger partial charge < -0.3 is 9.30 Å². The lowest BCUT2D eigenvalue weighted by Crippen LogP contribution is -2.01. The van der Waals surface area contributed by atoms with E-state index in [9.17, 15) is 0 Å². The Morgan fingerprint density at radius 3 is 3.00 bits per heavy atom. The molecular weight excluding hydrogens is 152 g/mol. The van der Waals surface area contributed by atoms with Crippen LogP contribution in [0.3, 0.4) is 0 Å². The van der Waals surface area contributed by atoms with Crippen molar-refractivity contribution in [3.63, 3.8) is 0 Å². The maximum atomic E-state index is 5.40. The van der Waals surface area contributed by atoms with Gasteiger partial charge in [-0.25, -0.2) is 4.98 Å². The molecule has 0 amide bonds. The topological polar surface area (TPSA) is 27.1 Å². The lowest BCUT2D eigenvalue weighted by atomic mass is 10.3. The van der Waals surface area contributed by atoms with E-state index in [2.05, 4.69) is 11.9 Å². The van der Waals surface area contributed by atoms with E-state index in [-0.39, 0.29) is 0 Å². The molecule has 0 aliphatic heterocycles. The molecule has 0 bridgehead atoms. The van der Waals surface area contributed by atoms with Crippen LogP contribution in [0.15, 0.2) is 18.7 Å². The molecule has 3 heteroatoms. The summed E-state index contributed by atoms with van der Waals surface area (Å²) in [5.41, 5.74) is 0. The maximum Gasteiger partial charge on any atom is 0.123 e.